The van der Waals surface area contributed by atoms with Crippen molar-refractivity contribution >= 4 is 14.1 Å². The van der Waals surface area contributed by atoms with Gasteiger partial charge in [0.1, 0.15) is 11.6 Å². The summed E-state index contributed by atoms with van der Waals surface area (Å²) in [7, 11) is 0.602. The van der Waals surface area contributed by atoms with E-state index in [1.165, 1.54) is 45.2 Å². The van der Waals surface area contributed by atoms with E-state index >= 15 is 0 Å². The van der Waals surface area contributed by atoms with Crippen molar-refractivity contribution in [2.45, 2.75) is 95.4 Å². The molecule has 0 aliphatic carbocycles. The van der Waals surface area contributed by atoms with Crippen LogP contribution in [-0.4, -0.2) is 40.9 Å². The van der Waals surface area contributed by atoms with Crippen molar-refractivity contribution < 1.29 is 4.74 Å². The third kappa shape index (κ3) is 10.2. The lowest BCUT2D eigenvalue weighted by atomic mass is 10.1. The third-order valence-corrected chi connectivity index (χ3v) is 8.21. The molecule has 0 aliphatic heterocycles. The molecule has 0 spiro atoms. The number of rotatable bonds is 8. The number of aromatic nitrogens is 4. The van der Waals surface area contributed by atoms with E-state index in [2.05, 4.69) is 132 Å². The van der Waals surface area contributed by atoms with E-state index in [4.69, 9.17) is 14.7 Å². The molecule has 0 unspecified atom stereocenters. The quantitative estimate of drug-likeness (QED) is 0.192. The predicted molar refractivity (Wildman–Crippen MR) is 186 cm³/mol. The molecule has 5 nitrogen and oxygen atoms in total. The summed E-state index contributed by atoms with van der Waals surface area (Å²) in [5, 5.41) is 0. The topological polar surface area (TPSA) is 44.9 Å². The fraction of sp³-hybridized carbons (Fsp3) is 0.444. The van der Waals surface area contributed by atoms with Gasteiger partial charge in [0.25, 0.3) is 0 Å². The molecule has 0 fully saturated rings. The number of ether oxygens (including phenoxy) is 1. The van der Waals surface area contributed by atoms with Crippen molar-refractivity contribution in [1.82, 2.24) is 19.1 Å². The summed E-state index contributed by atoms with van der Waals surface area (Å²) in [6.45, 7) is 22.8. The van der Waals surface area contributed by atoms with Crippen molar-refractivity contribution in [2.24, 2.45) is 0 Å². The van der Waals surface area contributed by atoms with Gasteiger partial charge in [-0.1, -0.05) is 40.1 Å². The van der Waals surface area contributed by atoms with Crippen LogP contribution in [0.2, 0.25) is 19.6 Å². The van der Waals surface area contributed by atoms with E-state index in [1.54, 1.807) is 7.11 Å². The van der Waals surface area contributed by atoms with Gasteiger partial charge in [0, 0.05) is 42.2 Å². The van der Waals surface area contributed by atoms with Crippen LogP contribution in [0.25, 0.3) is 17.7 Å². The van der Waals surface area contributed by atoms with Crippen LogP contribution in [0.1, 0.15) is 73.5 Å². The van der Waals surface area contributed by atoms with Gasteiger partial charge in [0.05, 0.1) is 13.8 Å². The highest BCUT2D eigenvalue weighted by molar-refractivity contribution is 6.75. The van der Waals surface area contributed by atoms with Crippen molar-refractivity contribution in [2.75, 3.05) is 13.7 Å². The fourth-order valence-electron chi connectivity index (χ4n) is 4.98. The molecule has 42 heavy (non-hydrogen) atoms. The Balaban J connectivity index is 0.000000403. The van der Waals surface area contributed by atoms with E-state index in [1.807, 2.05) is 0 Å². The minimum absolute atomic E-state index is 0. The summed E-state index contributed by atoms with van der Waals surface area (Å²) in [5.74, 6) is 2.05. The summed E-state index contributed by atoms with van der Waals surface area (Å²) in [6.07, 6.45) is 3.08. The van der Waals surface area contributed by atoms with Gasteiger partial charge in [-0.2, -0.15) is 0 Å². The van der Waals surface area contributed by atoms with Gasteiger partial charge in [0.15, 0.2) is 0 Å². The highest BCUT2D eigenvalue weighted by Crippen LogP contribution is 2.20. The average Bonchev–Trinajstić information content (AvgIpc) is 3.35. The lowest BCUT2D eigenvalue weighted by Gasteiger charge is -2.17. The zero-order valence-electron chi connectivity index (χ0n) is 26.5. The maximum Gasteiger partial charge on any atom is 0.137 e. The number of hydrogen-bond donors (Lipinski definition) is 0. The van der Waals surface area contributed by atoms with Crippen LogP contribution in [0.3, 0.4) is 0 Å². The maximum atomic E-state index is 5.12. The van der Waals surface area contributed by atoms with Crippen LogP contribution in [0.4, 0.5) is 0 Å². The smallest absolute Gasteiger partial charge is 0.137 e. The summed E-state index contributed by atoms with van der Waals surface area (Å²) < 4.78 is 9.55. The summed E-state index contributed by atoms with van der Waals surface area (Å²) >= 11 is 0. The van der Waals surface area contributed by atoms with Gasteiger partial charge in [-0.25, -0.2) is 9.97 Å². The molecule has 4 rings (SSSR count). The lowest BCUT2D eigenvalue weighted by Crippen LogP contribution is -2.25. The molecule has 0 amide bonds. The Labute approximate surface area is 257 Å². The Morgan fingerprint density at radius 1 is 0.738 bits per heavy atom. The number of methoxy groups -OCH3 is 1. The number of pyridine rings is 2. The van der Waals surface area contributed by atoms with Crippen LogP contribution < -0.4 is 0 Å². The second-order valence-corrected chi connectivity index (χ2v) is 17.8. The van der Waals surface area contributed by atoms with Crippen molar-refractivity contribution in [1.29, 1.82) is 0 Å². The van der Waals surface area contributed by atoms with Gasteiger partial charge in [0.2, 0.25) is 0 Å². The van der Waals surface area contributed by atoms with Gasteiger partial charge in [-0.15, -0.1) is 0 Å². The summed E-state index contributed by atoms with van der Waals surface area (Å²) in [4.78, 5) is 9.67. The summed E-state index contributed by atoms with van der Waals surface area (Å²) in [6, 6.07) is 18.3. The molecule has 0 bridgehead atoms. The van der Waals surface area contributed by atoms with Crippen LogP contribution in [0.5, 0.6) is 0 Å². The molecule has 0 N–H and O–H groups in total. The highest BCUT2D eigenvalue weighted by Gasteiger charge is 2.16. The predicted octanol–water partition coefficient (Wildman–Crippen LogP) is 9.73. The number of nitrogens with zero attached hydrogens (tertiary/aromatic N) is 4. The van der Waals surface area contributed by atoms with Gasteiger partial charge < -0.3 is 13.9 Å². The second kappa shape index (κ2) is 15.9. The van der Waals surface area contributed by atoms with Crippen molar-refractivity contribution in [3.05, 3.63) is 99.4 Å². The maximum absolute atomic E-state index is 5.12. The SMILES string of the molecule is C.C.COCC/C(C)=C\c1cc(C)cc(-n2c(C)ccc2C)n1.Cc1cc(C[Si](C)(C)C)nc(-n2c(C)ccc2C)c1. The molecule has 4 aromatic rings. The molecular weight excluding hydrogens is 533 g/mol. The Morgan fingerprint density at radius 2 is 1.19 bits per heavy atom. The number of aryl methyl sites for hydroxylation is 6. The van der Waals surface area contributed by atoms with Gasteiger partial charge >= 0.3 is 0 Å². The fourth-order valence-corrected chi connectivity index (χ4v) is 6.25. The molecule has 0 saturated heterocycles. The summed E-state index contributed by atoms with van der Waals surface area (Å²) in [5.41, 5.74) is 10.9. The molecule has 0 atom stereocenters. The third-order valence-electron chi connectivity index (χ3n) is 6.79. The minimum atomic E-state index is -1.13. The second-order valence-electron chi connectivity index (χ2n) is 12.3. The first-order valence-corrected chi connectivity index (χ1v) is 17.9. The van der Waals surface area contributed by atoms with Crippen LogP contribution >= 0.6 is 0 Å². The van der Waals surface area contributed by atoms with Gasteiger partial charge in [-0.3, -0.25) is 0 Å². The first-order valence-electron chi connectivity index (χ1n) is 14.2. The zero-order chi connectivity index (χ0) is 29.6. The molecule has 0 radical (unpaired) electrons. The molecule has 0 aromatic carbocycles. The average molecular weight is 589 g/mol. The first kappa shape index (κ1) is 36.8. The van der Waals surface area contributed by atoms with Crippen LogP contribution in [0.15, 0.2) is 54.1 Å². The van der Waals surface area contributed by atoms with E-state index in [9.17, 15) is 0 Å². The van der Waals surface area contributed by atoms with Crippen molar-refractivity contribution in [3.63, 3.8) is 0 Å². The van der Waals surface area contributed by atoms with E-state index in [-0.39, 0.29) is 14.9 Å². The Bertz CT molecular complexity index is 1430. The normalized spacial score (nSPS) is 11.4. The monoisotopic (exact) mass is 588 g/mol. The standard InChI is InChI=1S/C18H24N2O.C16H24N2Si.2CH4/c1-13(8-9-21-5)10-17-11-14(2)12-18(19-17)20-15(3)6-7-16(20)4;1-12-9-15(11-19(4,5)6)17-16(10-12)18-13(2)7-8-14(18)3;;/h6-7,10-12H,8-9H2,1-5H3;7-10H,11H2,1-6H3;2*1H4/b13-10-;;;. The van der Waals surface area contributed by atoms with E-state index in [0.29, 0.717) is 0 Å². The largest absolute Gasteiger partial charge is 0.384 e. The Hall–Kier alpha value is -3.22. The minimum Gasteiger partial charge on any atom is -0.384 e. The highest BCUT2D eigenvalue weighted by atomic mass is 28.3. The van der Waals surface area contributed by atoms with E-state index in [0.717, 1.165) is 36.4 Å². The molecule has 0 saturated carbocycles. The van der Waals surface area contributed by atoms with Crippen LogP contribution in [0, 0.1) is 41.5 Å². The molecule has 6 heteroatoms. The van der Waals surface area contributed by atoms with Gasteiger partial charge in [-0.05, 0) is 127 Å². The lowest BCUT2D eigenvalue weighted by molar-refractivity contribution is 0.202. The molecule has 4 heterocycles. The number of hydrogen-bond acceptors (Lipinski definition) is 3. The van der Waals surface area contributed by atoms with Crippen LogP contribution in [-0.2, 0) is 10.8 Å². The van der Waals surface area contributed by atoms with E-state index < -0.39 is 8.07 Å². The molecular formula is C36H56N4OSi. The Morgan fingerprint density at radius 3 is 1.64 bits per heavy atom. The molecule has 4 aromatic heterocycles. The zero-order valence-corrected chi connectivity index (χ0v) is 27.5. The molecule has 230 valence electrons. The Kier molecular flexibility index (Phi) is 13.9. The first-order chi connectivity index (χ1) is 18.8. The molecule has 0 aliphatic rings. The van der Waals surface area contributed by atoms with Crippen molar-refractivity contribution in [3.8, 4) is 11.6 Å².